The van der Waals surface area contributed by atoms with Crippen LogP contribution in [0.1, 0.15) is 11.1 Å². The highest BCUT2D eigenvalue weighted by atomic mass is 16.1. The lowest BCUT2D eigenvalue weighted by Crippen LogP contribution is -1.82. The molecule has 0 bridgehead atoms. The Hall–Kier alpha value is -2.93. The maximum Gasteiger partial charge on any atom is 0.178 e. The predicted octanol–water partition coefficient (Wildman–Crippen LogP) is 5.09. The second-order valence-electron chi connectivity index (χ2n) is 4.66. The fraction of sp³-hybridized carbons (Fsp3) is 0. The van der Waals surface area contributed by atoms with Gasteiger partial charge in [-0.1, -0.05) is 97.1 Å². The average Bonchev–Trinajstić information content (AvgIpc) is 2.57. The molecular formula is C21H18O. The first-order valence-corrected chi connectivity index (χ1v) is 7.18. The van der Waals surface area contributed by atoms with E-state index < -0.39 is 0 Å². The van der Waals surface area contributed by atoms with E-state index in [0.717, 1.165) is 11.1 Å². The van der Waals surface area contributed by atoms with Crippen LogP contribution in [0.5, 0.6) is 0 Å². The number of ketones is 1. The monoisotopic (exact) mass is 286 g/mol. The Morgan fingerprint density at radius 3 is 1.41 bits per heavy atom. The fourth-order valence-corrected chi connectivity index (χ4v) is 1.82. The molecule has 0 saturated heterocycles. The van der Waals surface area contributed by atoms with E-state index in [2.05, 4.69) is 0 Å². The lowest BCUT2D eigenvalue weighted by atomic mass is 10.2. The minimum absolute atomic E-state index is 0.0320. The molecule has 0 atom stereocenters. The van der Waals surface area contributed by atoms with Gasteiger partial charge in [0, 0.05) is 0 Å². The van der Waals surface area contributed by atoms with Gasteiger partial charge in [-0.15, -0.1) is 0 Å². The molecule has 0 N–H and O–H groups in total. The number of carbonyl (C=O) groups is 1. The summed E-state index contributed by atoms with van der Waals surface area (Å²) in [6.07, 6.45) is 14.2. The third kappa shape index (κ3) is 6.02. The Morgan fingerprint density at radius 1 is 0.591 bits per heavy atom. The fourth-order valence-electron chi connectivity index (χ4n) is 1.82. The van der Waals surface area contributed by atoms with E-state index in [-0.39, 0.29) is 5.78 Å². The van der Waals surface area contributed by atoms with Gasteiger partial charge in [0.05, 0.1) is 0 Å². The first kappa shape index (κ1) is 15.5. The van der Waals surface area contributed by atoms with Crippen molar-refractivity contribution in [3.63, 3.8) is 0 Å². The van der Waals surface area contributed by atoms with Crippen molar-refractivity contribution >= 4 is 17.9 Å². The van der Waals surface area contributed by atoms with Gasteiger partial charge in [-0.05, 0) is 23.3 Å². The van der Waals surface area contributed by atoms with Gasteiger partial charge in [0.25, 0.3) is 0 Å². The van der Waals surface area contributed by atoms with Crippen molar-refractivity contribution in [2.24, 2.45) is 0 Å². The van der Waals surface area contributed by atoms with Gasteiger partial charge in [-0.3, -0.25) is 4.79 Å². The van der Waals surface area contributed by atoms with Crippen molar-refractivity contribution in [1.29, 1.82) is 0 Å². The molecule has 2 aromatic rings. The van der Waals surface area contributed by atoms with Gasteiger partial charge < -0.3 is 0 Å². The summed E-state index contributed by atoms with van der Waals surface area (Å²) in [7, 11) is 0. The number of carbonyl (C=O) groups excluding carboxylic acids is 1. The van der Waals surface area contributed by atoms with E-state index in [1.807, 2.05) is 85.0 Å². The molecule has 0 amide bonds. The second-order valence-corrected chi connectivity index (χ2v) is 4.66. The van der Waals surface area contributed by atoms with Crippen LogP contribution in [-0.4, -0.2) is 5.78 Å². The lowest BCUT2D eigenvalue weighted by Gasteiger charge is -1.88. The van der Waals surface area contributed by atoms with Crippen molar-refractivity contribution in [2.45, 2.75) is 0 Å². The minimum Gasteiger partial charge on any atom is -0.290 e. The summed E-state index contributed by atoms with van der Waals surface area (Å²) < 4.78 is 0. The van der Waals surface area contributed by atoms with Crippen LogP contribution >= 0.6 is 0 Å². The third-order valence-electron chi connectivity index (χ3n) is 2.92. The van der Waals surface area contributed by atoms with E-state index >= 15 is 0 Å². The molecular weight excluding hydrogens is 268 g/mol. The first-order chi connectivity index (χ1) is 10.8. The quantitative estimate of drug-likeness (QED) is 0.533. The van der Waals surface area contributed by atoms with Crippen molar-refractivity contribution < 1.29 is 4.79 Å². The number of hydrogen-bond acceptors (Lipinski definition) is 1. The molecule has 0 aromatic heterocycles. The van der Waals surface area contributed by atoms with Crippen LogP contribution in [-0.2, 0) is 4.79 Å². The maximum absolute atomic E-state index is 11.6. The zero-order valence-corrected chi connectivity index (χ0v) is 12.3. The van der Waals surface area contributed by atoms with Crippen molar-refractivity contribution in [3.05, 3.63) is 108 Å². The van der Waals surface area contributed by atoms with Crippen molar-refractivity contribution in [3.8, 4) is 0 Å². The molecule has 0 aliphatic carbocycles. The molecule has 0 fully saturated rings. The first-order valence-electron chi connectivity index (χ1n) is 7.18. The zero-order valence-electron chi connectivity index (χ0n) is 12.3. The van der Waals surface area contributed by atoms with Crippen LogP contribution in [0.3, 0.4) is 0 Å². The SMILES string of the molecule is O=C(/C=C/C=Cc1ccccc1)/C=C/C=C/c1ccccc1. The standard InChI is InChI=1S/C21H18O/c22-21(17-9-7-15-19-11-3-1-4-12-19)18-10-8-16-20-13-5-2-6-14-20/h1-18H/b15-7+,16-8?,17-9+,18-10+. The summed E-state index contributed by atoms with van der Waals surface area (Å²) in [5.41, 5.74) is 2.22. The van der Waals surface area contributed by atoms with E-state index in [4.69, 9.17) is 0 Å². The number of benzene rings is 2. The normalized spacial score (nSPS) is 12.0. The molecule has 1 heteroatoms. The van der Waals surface area contributed by atoms with Gasteiger partial charge >= 0.3 is 0 Å². The molecule has 0 radical (unpaired) electrons. The molecule has 2 aromatic carbocycles. The van der Waals surface area contributed by atoms with Gasteiger partial charge in [0.2, 0.25) is 0 Å². The maximum atomic E-state index is 11.6. The van der Waals surface area contributed by atoms with Gasteiger partial charge in [0.15, 0.2) is 5.78 Å². The van der Waals surface area contributed by atoms with E-state index in [9.17, 15) is 4.79 Å². The molecule has 108 valence electrons. The van der Waals surface area contributed by atoms with Crippen LogP contribution in [0.2, 0.25) is 0 Å². The molecule has 2 rings (SSSR count). The Morgan fingerprint density at radius 2 is 1.00 bits per heavy atom. The van der Waals surface area contributed by atoms with Crippen LogP contribution < -0.4 is 0 Å². The average molecular weight is 286 g/mol. The summed E-state index contributed by atoms with van der Waals surface area (Å²) >= 11 is 0. The zero-order chi connectivity index (χ0) is 15.5. The highest BCUT2D eigenvalue weighted by Crippen LogP contribution is 2.02. The van der Waals surface area contributed by atoms with Gasteiger partial charge in [0.1, 0.15) is 0 Å². The van der Waals surface area contributed by atoms with Crippen LogP contribution in [0.4, 0.5) is 0 Å². The molecule has 22 heavy (non-hydrogen) atoms. The van der Waals surface area contributed by atoms with Crippen molar-refractivity contribution in [1.82, 2.24) is 0 Å². The minimum atomic E-state index is -0.0320. The predicted molar refractivity (Wildman–Crippen MR) is 94.2 cm³/mol. The summed E-state index contributed by atoms with van der Waals surface area (Å²) in [6.45, 7) is 0. The summed E-state index contributed by atoms with van der Waals surface area (Å²) in [4.78, 5) is 11.6. The molecule has 0 heterocycles. The molecule has 0 aliphatic heterocycles. The Balaban J connectivity index is 1.80. The summed E-state index contributed by atoms with van der Waals surface area (Å²) in [6, 6.07) is 19.9. The van der Waals surface area contributed by atoms with E-state index in [1.165, 1.54) is 0 Å². The Kier molecular flexibility index (Phi) is 6.39. The summed E-state index contributed by atoms with van der Waals surface area (Å²) in [5, 5.41) is 0. The van der Waals surface area contributed by atoms with Crippen LogP contribution in [0.25, 0.3) is 12.2 Å². The highest BCUT2D eigenvalue weighted by Gasteiger charge is 1.86. The molecule has 1 nitrogen and oxygen atoms in total. The Bertz CT molecular complexity index is 628. The van der Waals surface area contributed by atoms with Gasteiger partial charge in [-0.25, -0.2) is 0 Å². The molecule has 0 aliphatic rings. The molecule has 0 unspecified atom stereocenters. The largest absolute Gasteiger partial charge is 0.290 e. The summed E-state index contributed by atoms with van der Waals surface area (Å²) in [5.74, 6) is -0.0320. The van der Waals surface area contributed by atoms with Crippen LogP contribution in [0.15, 0.2) is 97.1 Å². The van der Waals surface area contributed by atoms with Crippen LogP contribution in [0, 0.1) is 0 Å². The highest BCUT2D eigenvalue weighted by molar-refractivity contribution is 5.99. The number of rotatable bonds is 6. The van der Waals surface area contributed by atoms with Gasteiger partial charge in [-0.2, -0.15) is 0 Å². The number of hydrogen-bond donors (Lipinski definition) is 0. The topological polar surface area (TPSA) is 17.1 Å². The van der Waals surface area contributed by atoms with E-state index in [0.29, 0.717) is 0 Å². The smallest absolute Gasteiger partial charge is 0.178 e. The lowest BCUT2D eigenvalue weighted by molar-refractivity contribution is -0.110. The van der Waals surface area contributed by atoms with Crippen molar-refractivity contribution in [2.75, 3.05) is 0 Å². The second kappa shape index (κ2) is 9.09. The molecule has 0 saturated carbocycles. The third-order valence-corrected chi connectivity index (χ3v) is 2.92. The number of allylic oxidation sites excluding steroid dienone is 6. The molecule has 0 spiro atoms. The van der Waals surface area contributed by atoms with E-state index in [1.54, 1.807) is 24.3 Å². The Labute approximate surface area is 131 Å².